The van der Waals surface area contributed by atoms with Gasteiger partial charge in [-0.15, -0.1) is 0 Å². The smallest absolute Gasteiger partial charge is 0.126 e. The molecule has 1 aromatic rings. The quantitative estimate of drug-likeness (QED) is 0.883. The topological polar surface area (TPSA) is 15.3 Å². The summed E-state index contributed by atoms with van der Waals surface area (Å²) in [6.45, 7) is 5.84. The molecule has 1 aliphatic rings. The van der Waals surface area contributed by atoms with Crippen molar-refractivity contribution in [1.82, 2.24) is 10.2 Å². The Labute approximate surface area is 113 Å². The van der Waals surface area contributed by atoms with Crippen molar-refractivity contribution in [1.29, 1.82) is 0 Å². The van der Waals surface area contributed by atoms with Gasteiger partial charge < -0.3 is 5.32 Å². The molecule has 1 saturated heterocycles. The van der Waals surface area contributed by atoms with Crippen LogP contribution in [0.15, 0.2) is 18.2 Å². The largest absolute Gasteiger partial charge is 0.314 e. The average Bonchev–Trinajstić information content (AvgIpc) is 2.37. The molecular weight excluding hydrogens is 246 g/mol. The van der Waals surface area contributed by atoms with Crippen LogP contribution in [0.3, 0.4) is 0 Å². The van der Waals surface area contributed by atoms with Gasteiger partial charge in [0.25, 0.3) is 0 Å². The summed E-state index contributed by atoms with van der Waals surface area (Å²) < 4.78 is 26.2. The fourth-order valence-electron chi connectivity index (χ4n) is 2.60. The van der Waals surface area contributed by atoms with Crippen molar-refractivity contribution in [2.45, 2.75) is 38.8 Å². The van der Waals surface area contributed by atoms with Gasteiger partial charge in [-0.1, -0.05) is 6.92 Å². The third kappa shape index (κ3) is 4.55. The lowest BCUT2D eigenvalue weighted by Crippen LogP contribution is -2.42. The number of rotatable bonds is 5. The van der Waals surface area contributed by atoms with Gasteiger partial charge in [0.1, 0.15) is 11.6 Å². The number of hydrogen-bond acceptors (Lipinski definition) is 2. The number of piperidine rings is 1. The summed E-state index contributed by atoms with van der Waals surface area (Å²) in [5, 5.41) is 3.53. The maximum absolute atomic E-state index is 13.1. The minimum atomic E-state index is -0.491. The van der Waals surface area contributed by atoms with Crippen LogP contribution in [0, 0.1) is 11.6 Å². The second-order valence-corrected chi connectivity index (χ2v) is 5.28. The number of benzene rings is 1. The number of hydrogen-bond donors (Lipinski definition) is 1. The Bertz CT molecular complexity index is 381. The molecule has 19 heavy (non-hydrogen) atoms. The van der Waals surface area contributed by atoms with E-state index in [-0.39, 0.29) is 0 Å². The molecule has 0 atom stereocenters. The predicted octanol–water partition coefficient (Wildman–Crippen LogP) is 2.93. The molecule has 1 N–H and O–H groups in total. The lowest BCUT2D eigenvalue weighted by molar-refractivity contribution is 0.190. The van der Waals surface area contributed by atoms with Crippen molar-refractivity contribution >= 4 is 0 Å². The van der Waals surface area contributed by atoms with E-state index in [0.717, 1.165) is 50.5 Å². The molecule has 0 aliphatic carbocycles. The molecule has 106 valence electrons. The standard InChI is InChI=1S/C15H22F2N2/c1-2-5-18-15-3-6-19(7-4-15)11-12-8-13(16)10-14(17)9-12/h8-10,15,18H,2-7,11H2,1H3. The van der Waals surface area contributed by atoms with Crippen molar-refractivity contribution < 1.29 is 8.78 Å². The zero-order valence-electron chi connectivity index (χ0n) is 11.5. The lowest BCUT2D eigenvalue weighted by atomic mass is 10.0. The maximum Gasteiger partial charge on any atom is 0.126 e. The SMILES string of the molecule is CCCNC1CCN(Cc2cc(F)cc(F)c2)CC1. The van der Waals surface area contributed by atoms with Gasteiger partial charge in [0, 0.05) is 18.7 Å². The van der Waals surface area contributed by atoms with Gasteiger partial charge in [-0.3, -0.25) is 4.90 Å². The normalized spacial score (nSPS) is 17.8. The van der Waals surface area contributed by atoms with Crippen LogP contribution in [0.5, 0.6) is 0 Å². The fourth-order valence-corrected chi connectivity index (χ4v) is 2.60. The van der Waals surface area contributed by atoms with E-state index < -0.39 is 11.6 Å². The van der Waals surface area contributed by atoms with Crippen LogP contribution in [0.25, 0.3) is 0 Å². The van der Waals surface area contributed by atoms with Crippen LogP contribution in [0.1, 0.15) is 31.7 Å². The second-order valence-electron chi connectivity index (χ2n) is 5.28. The third-order valence-electron chi connectivity index (χ3n) is 3.60. The van der Waals surface area contributed by atoms with Crippen LogP contribution in [-0.4, -0.2) is 30.6 Å². The van der Waals surface area contributed by atoms with Gasteiger partial charge in [0.05, 0.1) is 0 Å². The molecular formula is C15H22F2N2. The van der Waals surface area contributed by atoms with Gasteiger partial charge in [-0.05, 0) is 56.6 Å². The van der Waals surface area contributed by atoms with Crippen LogP contribution >= 0.6 is 0 Å². The highest BCUT2D eigenvalue weighted by Gasteiger charge is 2.18. The molecule has 0 spiro atoms. The van der Waals surface area contributed by atoms with E-state index in [1.807, 2.05) is 0 Å². The zero-order chi connectivity index (χ0) is 13.7. The second kappa shape index (κ2) is 6.96. The Hall–Kier alpha value is -1.00. The van der Waals surface area contributed by atoms with Gasteiger partial charge >= 0.3 is 0 Å². The highest BCUT2D eigenvalue weighted by Crippen LogP contribution is 2.15. The Kier molecular flexibility index (Phi) is 5.28. The van der Waals surface area contributed by atoms with Crippen molar-refractivity contribution in [2.24, 2.45) is 0 Å². The summed E-state index contributed by atoms with van der Waals surface area (Å²) in [5.74, 6) is -0.982. The van der Waals surface area contributed by atoms with Crippen LogP contribution in [0.4, 0.5) is 8.78 Å². The Morgan fingerprint density at radius 3 is 2.37 bits per heavy atom. The summed E-state index contributed by atoms with van der Waals surface area (Å²) in [6.07, 6.45) is 3.37. The van der Waals surface area contributed by atoms with E-state index in [9.17, 15) is 8.78 Å². The summed E-state index contributed by atoms with van der Waals surface area (Å²) in [4.78, 5) is 2.26. The van der Waals surface area contributed by atoms with E-state index >= 15 is 0 Å². The van der Waals surface area contributed by atoms with Crippen molar-refractivity contribution in [3.63, 3.8) is 0 Å². The molecule has 4 heteroatoms. The molecule has 0 saturated carbocycles. The predicted molar refractivity (Wildman–Crippen MR) is 73.0 cm³/mol. The van der Waals surface area contributed by atoms with E-state index in [1.54, 1.807) is 0 Å². The summed E-state index contributed by atoms with van der Waals surface area (Å²) in [5.41, 5.74) is 0.720. The highest BCUT2D eigenvalue weighted by atomic mass is 19.1. The maximum atomic E-state index is 13.1. The minimum absolute atomic E-state index is 0.491. The first-order valence-electron chi connectivity index (χ1n) is 7.08. The van der Waals surface area contributed by atoms with Crippen molar-refractivity contribution in [2.75, 3.05) is 19.6 Å². The van der Waals surface area contributed by atoms with E-state index in [4.69, 9.17) is 0 Å². The van der Waals surface area contributed by atoms with Crippen LogP contribution < -0.4 is 5.32 Å². The Balaban J connectivity index is 1.82. The summed E-state index contributed by atoms with van der Waals surface area (Å²) in [7, 11) is 0. The van der Waals surface area contributed by atoms with E-state index in [2.05, 4.69) is 17.1 Å². The van der Waals surface area contributed by atoms with Crippen molar-refractivity contribution in [3.8, 4) is 0 Å². The Morgan fingerprint density at radius 2 is 1.79 bits per heavy atom. The molecule has 0 bridgehead atoms. The molecule has 2 rings (SSSR count). The van der Waals surface area contributed by atoms with Gasteiger partial charge in [-0.2, -0.15) is 0 Å². The average molecular weight is 268 g/mol. The van der Waals surface area contributed by atoms with Crippen LogP contribution in [-0.2, 0) is 6.54 Å². The number of nitrogens with zero attached hydrogens (tertiary/aromatic N) is 1. The van der Waals surface area contributed by atoms with Gasteiger partial charge in [0.2, 0.25) is 0 Å². The molecule has 0 unspecified atom stereocenters. The molecule has 1 aromatic carbocycles. The number of likely N-dealkylation sites (tertiary alicyclic amines) is 1. The van der Waals surface area contributed by atoms with E-state index in [0.29, 0.717) is 12.6 Å². The van der Waals surface area contributed by atoms with Gasteiger partial charge in [-0.25, -0.2) is 8.78 Å². The minimum Gasteiger partial charge on any atom is -0.314 e. The number of halogens is 2. The monoisotopic (exact) mass is 268 g/mol. The first-order valence-corrected chi connectivity index (χ1v) is 7.08. The molecule has 1 heterocycles. The summed E-state index contributed by atoms with van der Waals surface area (Å²) >= 11 is 0. The molecule has 1 fully saturated rings. The molecule has 0 radical (unpaired) electrons. The molecule has 2 nitrogen and oxygen atoms in total. The Morgan fingerprint density at radius 1 is 1.16 bits per heavy atom. The highest BCUT2D eigenvalue weighted by molar-refractivity contribution is 5.17. The van der Waals surface area contributed by atoms with Gasteiger partial charge in [0.15, 0.2) is 0 Å². The first-order chi connectivity index (χ1) is 9.17. The van der Waals surface area contributed by atoms with E-state index in [1.165, 1.54) is 12.1 Å². The van der Waals surface area contributed by atoms with Crippen molar-refractivity contribution in [3.05, 3.63) is 35.4 Å². The molecule has 0 aromatic heterocycles. The fraction of sp³-hybridized carbons (Fsp3) is 0.600. The zero-order valence-corrected chi connectivity index (χ0v) is 11.5. The molecule has 1 aliphatic heterocycles. The third-order valence-corrected chi connectivity index (χ3v) is 3.60. The molecule has 0 amide bonds. The first kappa shape index (κ1) is 14.4. The summed E-state index contributed by atoms with van der Waals surface area (Å²) in [6, 6.07) is 4.36. The lowest BCUT2D eigenvalue weighted by Gasteiger charge is -2.32. The van der Waals surface area contributed by atoms with Crippen LogP contribution in [0.2, 0.25) is 0 Å². The number of nitrogens with one attached hydrogen (secondary N) is 1.